The van der Waals surface area contributed by atoms with Crippen LogP contribution in [-0.2, 0) is 4.74 Å². The number of hydrogen-bond acceptors (Lipinski definition) is 6. The van der Waals surface area contributed by atoms with Crippen LogP contribution >= 0.6 is 0 Å². The third kappa shape index (κ3) is 4.29. The molecule has 2 N–H and O–H groups in total. The molecule has 1 aromatic rings. The normalized spacial score (nSPS) is 13.8. The predicted molar refractivity (Wildman–Crippen MR) is 67.5 cm³/mol. The number of esters is 1. The van der Waals surface area contributed by atoms with Crippen LogP contribution in [0.4, 0.5) is 5.82 Å². The van der Waals surface area contributed by atoms with Crippen LogP contribution in [-0.4, -0.2) is 40.3 Å². The summed E-state index contributed by atoms with van der Waals surface area (Å²) in [5, 5.41) is 12.4. The minimum absolute atomic E-state index is 0.0317. The smallest absolute Gasteiger partial charge is 0.376 e. The number of aliphatic hydroxyl groups is 1. The van der Waals surface area contributed by atoms with Crippen LogP contribution in [0.25, 0.3) is 0 Å². The van der Waals surface area contributed by atoms with E-state index in [2.05, 4.69) is 20.0 Å². The van der Waals surface area contributed by atoms with Gasteiger partial charge in [0.2, 0.25) is 5.82 Å². The lowest BCUT2D eigenvalue weighted by Crippen LogP contribution is -2.22. The molecule has 2 atom stereocenters. The molecule has 6 nitrogen and oxygen atoms in total. The van der Waals surface area contributed by atoms with Gasteiger partial charge in [0.1, 0.15) is 5.82 Å². The van der Waals surface area contributed by atoms with Crippen molar-refractivity contribution in [1.82, 2.24) is 9.97 Å². The molecule has 100 valence electrons. The third-order valence-corrected chi connectivity index (χ3v) is 2.31. The van der Waals surface area contributed by atoms with Gasteiger partial charge in [-0.25, -0.2) is 14.8 Å². The highest BCUT2D eigenvalue weighted by Crippen LogP contribution is 2.10. The van der Waals surface area contributed by atoms with Gasteiger partial charge >= 0.3 is 5.97 Å². The fraction of sp³-hybridized carbons (Fsp3) is 0.583. The van der Waals surface area contributed by atoms with Gasteiger partial charge in [0.05, 0.1) is 13.2 Å². The quantitative estimate of drug-likeness (QED) is 0.766. The largest absolute Gasteiger partial charge is 0.463 e. The number of carbonyl (C=O) groups excluding carboxylic acids is 1. The van der Waals surface area contributed by atoms with E-state index in [0.717, 1.165) is 0 Å². The van der Waals surface area contributed by atoms with Gasteiger partial charge in [-0.05, 0) is 27.2 Å². The van der Waals surface area contributed by atoms with Crippen molar-refractivity contribution in [2.24, 2.45) is 0 Å². The molecule has 0 saturated heterocycles. The molecule has 1 heterocycles. The van der Waals surface area contributed by atoms with E-state index in [-0.39, 0.29) is 11.9 Å². The Balaban J connectivity index is 2.83. The molecule has 1 aromatic heterocycles. The minimum Gasteiger partial charge on any atom is -0.463 e. The van der Waals surface area contributed by atoms with E-state index < -0.39 is 12.1 Å². The molecule has 0 aromatic carbocycles. The lowest BCUT2D eigenvalue weighted by molar-refractivity contribution is 0.0586. The third-order valence-electron chi connectivity index (χ3n) is 2.31. The maximum Gasteiger partial charge on any atom is 0.376 e. The summed E-state index contributed by atoms with van der Waals surface area (Å²) in [6, 6.07) is 1.79. The maximum absolute atomic E-state index is 11.4. The summed E-state index contributed by atoms with van der Waals surface area (Å²) in [5.41, 5.74) is 0.678. The first-order chi connectivity index (χ1) is 8.42. The Bertz CT molecular complexity index is 421. The Hall–Kier alpha value is -1.69. The predicted octanol–water partition coefficient (Wildman–Crippen LogP) is 1.14. The molecule has 0 aliphatic rings. The number of nitrogens with one attached hydrogen (secondary N) is 1. The number of rotatable bonds is 5. The van der Waals surface area contributed by atoms with Crippen LogP contribution in [0.5, 0.6) is 0 Å². The summed E-state index contributed by atoms with van der Waals surface area (Å²) in [4.78, 5) is 19.4. The highest BCUT2D eigenvalue weighted by Gasteiger charge is 2.13. The zero-order valence-corrected chi connectivity index (χ0v) is 11.1. The number of carbonyl (C=O) groups is 1. The molecule has 0 saturated carbocycles. The van der Waals surface area contributed by atoms with Crippen molar-refractivity contribution in [2.75, 3.05) is 12.4 Å². The average Bonchev–Trinajstić information content (AvgIpc) is 2.25. The van der Waals surface area contributed by atoms with Gasteiger partial charge in [-0.1, -0.05) is 0 Å². The zero-order valence-electron chi connectivity index (χ0n) is 11.1. The summed E-state index contributed by atoms with van der Waals surface area (Å²) in [6.45, 7) is 5.43. The summed E-state index contributed by atoms with van der Waals surface area (Å²) >= 11 is 0. The second-order valence-electron chi connectivity index (χ2n) is 4.34. The highest BCUT2D eigenvalue weighted by molar-refractivity contribution is 5.85. The monoisotopic (exact) mass is 253 g/mol. The van der Waals surface area contributed by atoms with Gasteiger partial charge in [-0.3, -0.25) is 0 Å². The van der Waals surface area contributed by atoms with E-state index in [4.69, 9.17) is 0 Å². The fourth-order valence-corrected chi connectivity index (χ4v) is 1.65. The minimum atomic E-state index is -0.565. The Morgan fingerprint density at radius 1 is 1.50 bits per heavy atom. The van der Waals surface area contributed by atoms with Crippen LogP contribution in [0, 0.1) is 6.92 Å². The number of methoxy groups -OCH3 is 1. The first kappa shape index (κ1) is 14.4. The fourth-order valence-electron chi connectivity index (χ4n) is 1.65. The number of ether oxygens (including phenoxy) is 1. The van der Waals surface area contributed by atoms with Gasteiger partial charge in [-0.2, -0.15) is 0 Å². The molecule has 0 aliphatic carbocycles. The van der Waals surface area contributed by atoms with E-state index in [0.29, 0.717) is 17.9 Å². The first-order valence-corrected chi connectivity index (χ1v) is 5.81. The molecule has 18 heavy (non-hydrogen) atoms. The molecular formula is C12H19N3O3. The van der Waals surface area contributed by atoms with Gasteiger partial charge in [-0.15, -0.1) is 0 Å². The molecule has 1 rings (SSSR count). The van der Waals surface area contributed by atoms with Gasteiger partial charge in [0.15, 0.2) is 0 Å². The van der Waals surface area contributed by atoms with Crippen molar-refractivity contribution in [3.05, 3.63) is 17.6 Å². The zero-order chi connectivity index (χ0) is 13.7. The van der Waals surface area contributed by atoms with Crippen molar-refractivity contribution in [2.45, 2.75) is 39.3 Å². The van der Waals surface area contributed by atoms with Gasteiger partial charge in [0.25, 0.3) is 0 Å². The highest BCUT2D eigenvalue weighted by atomic mass is 16.5. The van der Waals surface area contributed by atoms with Gasteiger partial charge in [0, 0.05) is 17.8 Å². The van der Waals surface area contributed by atoms with E-state index >= 15 is 0 Å². The topological polar surface area (TPSA) is 84.3 Å². The van der Waals surface area contributed by atoms with Gasteiger partial charge < -0.3 is 15.2 Å². The Labute approximate surface area is 106 Å². The molecule has 0 radical (unpaired) electrons. The van der Waals surface area contributed by atoms with Crippen LogP contribution in [0.1, 0.15) is 36.6 Å². The Morgan fingerprint density at radius 2 is 2.17 bits per heavy atom. The van der Waals surface area contributed by atoms with Crippen molar-refractivity contribution < 1.29 is 14.6 Å². The SMILES string of the molecule is COC(=O)c1nc(C)cc(NC(C)CC(C)O)n1. The second-order valence-corrected chi connectivity index (χ2v) is 4.34. The lowest BCUT2D eigenvalue weighted by Gasteiger charge is -2.16. The molecule has 0 fully saturated rings. The van der Waals surface area contributed by atoms with Crippen LogP contribution in [0.15, 0.2) is 6.07 Å². The number of aromatic nitrogens is 2. The number of aryl methyl sites for hydroxylation is 1. The number of anilines is 1. The Kier molecular flexibility index (Phi) is 5.03. The lowest BCUT2D eigenvalue weighted by atomic mass is 10.1. The molecule has 0 amide bonds. The average molecular weight is 253 g/mol. The second kappa shape index (κ2) is 6.30. The van der Waals surface area contributed by atoms with E-state index in [1.807, 2.05) is 6.92 Å². The van der Waals surface area contributed by atoms with E-state index in [1.54, 1.807) is 19.9 Å². The van der Waals surface area contributed by atoms with Crippen molar-refractivity contribution in [3.8, 4) is 0 Å². The van der Waals surface area contributed by atoms with E-state index in [9.17, 15) is 9.90 Å². The molecule has 6 heteroatoms. The van der Waals surface area contributed by atoms with Crippen molar-refractivity contribution in [3.63, 3.8) is 0 Å². The summed E-state index contributed by atoms with van der Waals surface area (Å²) < 4.78 is 4.58. The van der Waals surface area contributed by atoms with Crippen LogP contribution in [0.2, 0.25) is 0 Å². The summed E-state index contributed by atoms with van der Waals surface area (Å²) in [7, 11) is 1.29. The van der Waals surface area contributed by atoms with Crippen molar-refractivity contribution in [1.29, 1.82) is 0 Å². The molecular weight excluding hydrogens is 234 g/mol. The van der Waals surface area contributed by atoms with Crippen molar-refractivity contribution >= 4 is 11.8 Å². The molecule has 2 unspecified atom stereocenters. The van der Waals surface area contributed by atoms with Crippen LogP contribution < -0.4 is 5.32 Å². The van der Waals surface area contributed by atoms with E-state index in [1.165, 1.54) is 7.11 Å². The standard InChI is InChI=1S/C12H19N3O3/c1-7(5-9(3)16)13-10-6-8(2)14-11(15-10)12(17)18-4/h6-7,9,16H,5H2,1-4H3,(H,13,14,15). The summed E-state index contributed by atoms with van der Waals surface area (Å²) in [6.07, 6.45) is 0.201. The van der Waals surface area contributed by atoms with Crippen LogP contribution in [0.3, 0.4) is 0 Å². The Morgan fingerprint density at radius 3 is 2.72 bits per heavy atom. The number of aliphatic hydroxyl groups excluding tert-OH is 1. The summed E-state index contributed by atoms with van der Waals surface area (Å²) in [5.74, 6) is 0.0187. The first-order valence-electron chi connectivity index (χ1n) is 5.81. The molecule has 0 aliphatic heterocycles. The maximum atomic E-state index is 11.4. The molecule has 0 bridgehead atoms. The molecule has 0 spiro atoms. The number of hydrogen-bond donors (Lipinski definition) is 2. The number of nitrogens with zero attached hydrogens (tertiary/aromatic N) is 2.